The molecule has 5 heteroatoms. The Bertz CT molecular complexity index is 559. The summed E-state index contributed by atoms with van der Waals surface area (Å²) in [6.07, 6.45) is 4.40. The number of aromatic nitrogens is 1. The summed E-state index contributed by atoms with van der Waals surface area (Å²) in [7, 11) is 0. The molecular weight excluding hydrogens is 274 g/mol. The van der Waals surface area contributed by atoms with Crippen LogP contribution in [0.1, 0.15) is 24.1 Å². The number of nitrogens with zero attached hydrogens (tertiary/aromatic N) is 2. The fourth-order valence-electron chi connectivity index (χ4n) is 2.10. The lowest BCUT2D eigenvalue weighted by Crippen LogP contribution is -2.25. The van der Waals surface area contributed by atoms with Crippen molar-refractivity contribution in [1.82, 2.24) is 4.98 Å². The normalized spacial score (nSPS) is 14.3. The van der Waals surface area contributed by atoms with Crippen LogP contribution in [0.2, 0.25) is 0 Å². The van der Waals surface area contributed by atoms with E-state index in [1.165, 1.54) is 18.4 Å². The van der Waals surface area contributed by atoms with E-state index in [9.17, 15) is 0 Å². The van der Waals surface area contributed by atoms with Gasteiger partial charge in [0.1, 0.15) is 4.99 Å². The zero-order chi connectivity index (χ0) is 13.2. The van der Waals surface area contributed by atoms with Gasteiger partial charge in [-0.2, -0.15) is 11.3 Å². The molecule has 0 bridgehead atoms. The first-order valence-electron chi connectivity index (χ1n) is 6.27. The van der Waals surface area contributed by atoms with Crippen molar-refractivity contribution in [2.75, 3.05) is 4.90 Å². The molecule has 1 fully saturated rings. The molecule has 0 radical (unpaired) electrons. The average molecular weight is 289 g/mol. The van der Waals surface area contributed by atoms with E-state index in [0.717, 1.165) is 12.2 Å². The van der Waals surface area contributed by atoms with Crippen LogP contribution in [0.3, 0.4) is 0 Å². The van der Waals surface area contributed by atoms with Gasteiger partial charge in [-0.3, -0.25) is 4.98 Å². The molecule has 1 aliphatic carbocycles. The molecule has 3 rings (SSSR count). The summed E-state index contributed by atoms with van der Waals surface area (Å²) in [5.41, 5.74) is 8.77. The van der Waals surface area contributed by atoms with Crippen LogP contribution in [-0.2, 0) is 6.54 Å². The van der Waals surface area contributed by atoms with Gasteiger partial charge in [-0.05, 0) is 47.4 Å². The highest BCUT2D eigenvalue weighted by Crippen LogP contribution is 2.33. The third-order valence-electron chi connectivity index (χ3n) is 3.25. The highest BCUT2D eigenvalue weighted by molar-refractivity contribution is 7.80. The summed E-state index contributed by atoms with van der Waals surface area (Å²) >= 11 is 6.67. The number of thiocarbonyl (C=S) groups is 1. The van der Waals surface area contributed by atoms with Crippen LogP contribution >= 0.6 is 23.6 Å². The van der Waals surface area contributed by atoms with Crippen molar-refractivity contribution >= 4 is 34.2 Å². The van der Waals surface area contributed by atoms with Crippen LogP contribution in [-0.4, -0.2) is 16.0 Å². The lowest BCUT2D eigenvalue weighted by molar-refractivity contribution is 0.794. The molecule has 0 aliphatic heterocycles. The topological polar surface area (TPSA) is 42.1 Å². The maximum atomic E-state index is 5.58. The van der Waals surface area contributed by atoms with Gasteiger partial charge < -0.3 is 10.6 Å². The highest BCUT2D eigenvalue weighted by atomic mass is 32.1. The average Bonchev–Trinajstić information content (AvgIpc) is 3.13. The lowest BCUT2D eigenvalue weighted by Gasteiger charge is -2.24. The first-order valence-corrected chi connectivity index (χ1v) is 7.63. The molecule has 2 heterocycles. The van der Waals surface area contributed by atoms with Crippen molar-refractivity contribution in [1.29, 1.82) is 0 Å². The molecule has 2 aromatic rings. The van der Waals surface area contributed by atoms with E-state index in [2.05, 4.69) is 32.8 Å². The Balaban J connectivity index is 1.81. The molecule has 2 N–H and O–H groups in total. The van der Waals surface area contributed by atoms with Crippen LogP contribution in [0, 0.1) is 0 Å². The van der Waals surface area contributed by atoms with E-state index in [-0.39, 0.29) is 0 Å². The van der Waals surface area contributed by atoms with E-state index < -0.39 is 0 Å². The molecule has 1 saturated carbocycles. The molecule has 0 aromatic carbocycles. The SMILES string of the molecule is NC(=S)c1ccc(N(Cc2ccsc2)C2CC2)cn1. The van der Waals surface area contributed by atoms with Gasteiger partial charge in [0.15, 0.2) is 0 Å². The Morgan fingerprint density at radius 3 is 2.79 bits per heavy atom. The largest absolute Gasteiger partial charge is 0.388 e. The standard InChI is InChI=1S/C14H15N3S2/c15-14(18)13-4-3-12(7-16-13)17(11-1-2-11)8-10-5-6-19-9-10/h3-7,9,11H,1-2,8H2,(H2,15,18). The minimum atomic E-state index is 0.349. The second-order valence-electron chi connectivity index (χ2n) is 4.76. The van der Waals surface area contributed by atoms with Gasteiger partial charge in [0.25, 0.3) is 0 Å². The number of nitrogens with two attached hydrogens (primary N) is 1. The third-order valence-corrected chi connectivity index (χ3v) is 4.19. The van der Waals surface area contributed by atoms with E-state index in [4.69, 9.17) is 18.0 Å². The van der Waals surface area contributed by atoms with Crippen molar-refractivity contribution in [3.63, 3.8) is 0 Å². The van der Waals surface area contributed by atoms with Crippen molar-refractivity contribution in [2.24, 2.45) is 5.73 Å². The predicted octanol–water partition coefficient (Wildman–Crippen LogP) is 2.95. The molecule has 0 saturated heterocycles. The van der Waals surface area contributed by atoms with Crippen LogP contribution < -0.4 is 10.6 Å². The van der Waals surface area contributed by atoms with Gasteiger partial charge in [-0.15, -0.1) is 0 Å². The number of hydrogen-bond acceptors (Lipinski definition) is 4. The number of rotatable bonds is 5. The Labute approximate surface area is 122 Å². The Hall–Kier alpha value is -1.46. The number of thiophene rings is 1. The molecule has 2 aromatic heterocycles. The lowest BCUT2D eigenvalue weighted by atomic mass is 10.2. The molecule has 1 aliphatic rings. The van der Waals surface area contributed by atoms with E-state index in [1.54, 1.807) is 11.3 Å². The minimum Gasteiger partial charge on any atom is -0.388 e. The molecule has 0 spiro atoms. The number of pyridine rings is 1. The maximum absolute atomic E-state index is 5.58. The van der Waals surface area contributed by atoms with Gasteiger partial charge in [-0.1, -0.05) is 12.2 Å². The van der Waals surface area contributed by atoms with Crippen molar-refractivity contribution in [3.05, 3.63) is 46.4 Å². The number of anilines is 1. The number of hydrogen-bond donors (Lipinski definition) is 1. The fraction of sp³-hybridized carbons (Fsp3) is 0.286. The molecule has 19 heavy (non-hydrogen) atoms. The van der Waals surface area contributed by atoms with E-state index in [1.807, 2.05) is 12.3 Å². The molecule has 0 atom stereocenters. The van der Waals surface area contributed by atoms with Crippen LogP contribution in [0.5, 0.6) is 0 Å². The Kier molecular flexibility index (Phi) is 3.48. The van der Waals surface area contributed by atoms with E-state index >= 15 is 0 Å². The summed E-state index contributed by atoms with van der Waals surface area (Å²) in [4.78, 5) is 7.10. The molecule has 0 amide bonds. The van der Waals surface area contributed by atoms with Gasteiger partial charge in [0.2, 0.25) is 0 Å². The molecule has 3 nitrogen and oxygen atoms in total. The quantitative estimate of drug-likeness (QED) is 0.859. The zero-order valence-electron chi connectivity index (χ0n) is 10.5. The summed E-state index contributed by atoms with van der Waals surface area (Å²) in [6.45, 7) is 0.947. The maximum Gasteiger partial charge on any atom is 0.122 e. The summed E-state index contributed by atoms with van der Waals surface area (Å²) in [6, 6.07) is 6.79. The first kappa shape index (κ1) is 12.6. The summed E-state index contributed by atoms with van der Waals surface area (Å²) in [5, 5.41) is 4.32. The van der Waals surface area contributed by atoms with E-state index in [0.29, 0.717) is 16.7 Å². The summed E-state index contributed by atoms with van der Waals surface area (Å²) in [5.74, 6) is 0. The monoisotopic (exact) mass is 289 g/mol. The van der Waals surface area contributed by atoms with Crippen molar-refractivity contribution in [3.8, 4) is 0 Å². The van der Waals surface area contributed by atoms with Gasteiger partial charge in [0.05, 0.1) is 17.6 Å². The molecule has 0 unspecified atom stereocenters. The molecular formula is C14H15N3S2. The van der Waals surface area contributed by atoms with Crippen LogP contribution in [0.15, 0.2) is 35.2 Å². The van der Waals surface area contributed by atoms with Crippen LogP contribution in [0.4, 0.5) is 5.69 Å². The second kappa shape index (κ2) is 5.27. The first-order chi connectivity index (χ1) is 9.24. The van der Waals surface area contributed by atoms with Gasteiger partial charge in [0, 0.05) is 12.6 Å². The predicted molar refractivity (Wildman–Crippen MR) is 83.6 cm³/mol. The Morgan fingerprint density at radius 1 is 1.42 bits per heavy atom. The van der Waals surface area contributed by atoms with Crippen molar-refractivity contribution in [2.45, 2.75) is 25.4 Å². The minimum absolute atomic E-state index is 0.349. The summed E-state index contributed by atoms with van der Waals surface area (Å²) < 4.78 is 0. The Morgan fingerprint density at radius 2 is 2.26 bits per heavy atom. The smallest absolute Gasteiger partial charge is 0.122 e. The zero-order valence-corrected chi connectivity index (χ0v) is 12.1. The van der Waals surface area contributed by atoms with Gasteiger partial charge >= 0.3 is 0 Å². The second-order valence-corrected chi connectivity index (χ2v) is 5.98. The highest BCUT2D eigenvalue weighted by Gasteiger charge is 2.29. The van der Waals surface area contributed by atoms with Gasteiger partial charge in [-0.25, -0.2) is 0 Å². The van der Waals surface area contributed by atoms with Crippen molar-refractivity contribution < 1.29 is 0 Å². The molecule has 98 valence electrons. The fourth-order valence-corrected chi connectivity index (χ4v) is 2.88. The van der Waals surface area contributed by atoms with Crippen LogP contribution in [0.25, 0.3) is 0 Å². The third kappa shape index (κ3) is 2.93.